The lowest BCUT2D eigenvalue weighted by atomic mass is 9.75. The zero-order valence-corrected chi connectivity index (χ0v) is 15.2. The highest BCUT2D eigenvalue weighted by Gasteiger charge is 2.38. The Bertz CT molecular complexity index is 946. The smallest absolute Gasteiger partial charge is 0.255 e. The summed E-state index contributed by atoms with van der Waals surface area (Å²) in [5.74, 6) is 0.00837. The van der Waals surface area contributed by atoms with Gasteiger partial charge in [0.2, 0.25) is 0 Å². The van der Waals surface area contributed by atoms with Gasteiger partial charge in [-0.3, -0.25) is 9.59 Å². The summed E-state index contributed by atoms with van der Waals surface area (Å²) in [6.45, 7) is 1.89. The lowest BCUT2D eigenvalue weighted by molar-refractivity contribution is -0.116. The van der Waals surface area contributed by atoms with E-state index in [0.717, 1.165) is 35.4 Å². The number of rotatable bonds is 3. The van der Waals surface area contributed by atoms with Crippen molar-refractivity contribution in [2.45, 2.75) is 32.1 Å². The van der Waals surface area contributed by atoms with E-state index in [-0.39, 0.29) is 17.6 Å². The summed E-state index contributed by atoms with van der Waals surface area (Å²) in [7, 11) is 0. The number of hydrogen-bond donors (Lipinski definition) is 2. The molecule has 1 aliphatic heterocycles. The lowest BCUT2D eigenvalue weighted by Gasteiger charge is -2.34. The van der Waals surface area contributed by atoms with Crippen molar-refractivity contribution in [2.24, 2.45) is 0 Å². The monoisotopic (exact) mass is 359 g/mol. The predicted molar refractivity (Wildman–Crippen MR) is 104 cm³/mol. The van der Waals surface area contributed by atoms with Crippen LogP contribution in [0, 0.1) is 0 Å². The minimum Gasteiger partial charge on any atom is -0.362 e. The maximum atomic E-state index is 13.2. The van der Waals surface area contributed by atoms with E-state index in [9.17, 15) is 9.59 Å². The zero-order valence-electron chi connectivity index (χ0n) is 15.2. The van der Waals surface area contributed by atoms with Crippen molar-refractivity contribution in [3.8, 4) is 0 Å². The molecule has 5 heteroatoms. The molecule has 27 heavy (non-hydrogen) atoms. The fourth-order valence-electron chi connectivity index (χ4n) is 3.88. The normalized spacial score (nSPS) is 19.4. The van der Waals surface area contributed by atoms with Crippen molar-refractivity contribution in [2.75, 3.05) is 5.32 Å². The average Bonchev–Trinajstić information content (AvgIpc) is 2.68. The zero-order chi connectivity index (χ0) is 18.8. The fraction of sp³-hybridized carbons (Fsp3) is 0.227. The third-order valence-electron chi connectivity index (χ3n) is 5.06. The SMILES string of the molecule is CC1=C(C(=O)Nc2ccccn2)[C@H](c2ccccc2)C2=C(CCCC2=O)N1. The van der Waals surface area contributed by atoms with Crippen molar-refractivity contribution in [3.63, 3.8) is 0 Å². The summed E-state index contributed by atoms with van der Waals surface area (Å²) in [5, 5.41) is 6.19. The van der Waals surface area contributed by atoms with Gasteiger partial charge in [0.15, 0.2) is 5.78 Å². The average molecular weight is 359 g/mol. The molecular weight excluding hydrogens is 338 g/mol. The number of ketones is 1. The number of aromatic nitrogens is 1. The summed E-state index contributed by atoms with van der Waals surface area (Å²) >= 11 is 0. The van der Waals surface area contributed by atoms with Crippen LogP contribution in [0.4, 0.5) is 5.82 Å². The Morgan fingerprint density at radius 3 is 2.63 bits per heavy atom. The van der Waals surface area contributed by atoms with Crippen molar-refractivity contribution >= 4 is 17.5 Å². The summed E-state index contributed by atoms with van der Waals surface area (Å²) < 4.78 is 0. The topological polar surface area (TPSA) is 71.1 Å². The summed E-state index contributed by atoms with van der Waals surface area (Å²) in [6.07, 6.45) is 3.83. The van der Waals surface area contributed by atoms with Crippen molar-refractivity contribution in [1.82, 2.24) is 10.3 Å². The van der Waals surface area contributed by atoms with Crippen molar-refractivity contribution in [3.05, 3.63) is 82.8 Å². The molecule has 2 heterocycles. The van der Waals surface area contributed by atoms with Gasteiger partial charge >= 0.3 is 0 Å². The van der Waals surface area contributed by atoms with Gasteiger partial charge in [-0.15, -0.1) is 0 Å². The molecule has 2 N–H and O–H groups in total. The Labute approximate surface area is 158 Å². The van der Waals surface area contributed by atoms with Crippen LogP contribution < -0.4 is 10.6 Å². The first-order chi connectivity index (χ1) is 13.1. The predicted octanol–water partition coefficient (Wildman–Crippen LogP) is 3.69. The Kier molecular flexibility index (Phi) is 4.59. The molecule has 4 rings (SSSR count). The van der Waals surface area contributed by atoms with Gasteiger partial charge in [-0.05, 0) is 37.5 Å². The van der Waals surface area contributed by atoms with Crippen LogP contribution in [0.1, 0.15) is 37.7 Å². The minimum atomic E-state index is -0.362. The first-order valence-corrected chi connectivity index (χ1v) is 9.16. The first kappa shape index (κ1) is 17.2. The van der Waals surface area contributed by atoms with Gasteiger partial charge in [0.1, 0.15) is 5.82 Å². The van der Waals surface area contributed by atoms with Crippen LogP contribution in [0.15, 0.2) is 77.3 Å². The minimum absolute atomic E-state index is 0.119. The van der Waals surface area contributed by atoms with E-state index in [1.54, 1.807) is 18.3 Å². The molecule has 1 aliphatic carbocycles. The Morgan fingerprint density at radius 2 is 1.89 bits per heavy atom. The molecule has 0 spiro atoms. The van der Waals surface area contributed by atoms with Gasteiger partial charge in [-0.25, -0.2) is 4.98 Å². The molecule has 0 saturated heterocycles. The molecule has 2 aromatic rings. The van der Waals surface area contributed by atoms with Crippen molar-refractivity contribution in [1.29, 1.82) is 0 Å². The Morgan fingerprint density at radius 1 is 1.11 bits per heavy atom. The van der Waals surface area contributed by atoms with E-state index in [4.69, 9.17) is 0 Å². The Hall–Kier alpha value is -3.21. The van der Waals surface area contributed by atoms with Crippen molar-refractivity contribution < 1.29 is 9.59 Å². The standard InChI is InChI=1S/C22H21N3O2/c1-14-19(22(27)25-18-12-5-6-13-23-18)20(15-8-3-2-4-9-15)21-16(24-14)10-7-11-17(21)26/h2-6,8-9,12-13,20,24H,7,10-11H2,1H3,(H,23,25,27)/t20-/m0/s1. The number of benzene rings is 1. The largest absolute Gasteiger partial charge is 0.362 e. The van der Waals surface area contributed by atoms with E-state index in [2.05, 4.69) is 15.6 Å². The van der Waals surface area contributed by atoms with Crippen LogP contribution in [-0.2, 0) is 9.59 Å². The maximum Gasteiger partial charge on any atom is 0.255 e. The van der Waals surface area contributed by atoms with Crippen LogP contribution in [0.2, 0.25) is 0 Å². The van der Waals surface area contributed by atoms with Gasteiger partial charge in [-0.1, -0.05) is 36.4 Å². The number of amides is 1. The number of pyridine rings is 1. The molecule has 136 valence electrons. The molecule has 1 aromatic carbocycles. The molecular formula is C22H21N3O2. The molecule has 0 saturated carbocycles. The maximum absolute atomic E-state index is 13.2. The molecule has 1 atom stereocenters. The summed E-state index contributed by atoms with van der Waals surface area (Å²) in [5.41, 5.74) is 3.98. The molecule has 0 radical (unpaired) electrons. The van der Waals surface area contributed by atoms with E-state index < -0.39 is 0 Å². The van der Waals surface area contributed by atoms with Crippen LogP contribution in [0.5, 0.6) is 0 Å². The number of allylic oxidation sites excluding steroid dienone is 3. The quantitative estimate of drug-likeness (QED) is 0.877. The highest BCUT2D eigenvalue weighted by molar-refractivity contribution is 6.09. The third kappa shape index (κ3) is 3.28. The highest BCUT2D eigenvalue weighted by Crippen LogP contribution is 2.42. The summed E-state index contributed by atoms with van der Waals surface area (Å²) in [4.78, 5) is 30.1. The van der Waals surface area contributed by atoms with E-state index >= 15 is 0 Å². The van der Waals surface area contributed by atoms with Gasteiger partial charge in [0.25, 0.3) is 5.91 Å². The molecule has 1 amide bonds. The Balaban J connectivity index is 1.78. The number of dihydropyridines is 1. The number of nitrogens with zero attached hydrogens (tertiary/aromatic N) is 1. The second kappa shape index (κ2) is 7.19. The molecule has 0 bridgehead atoms. The van der Waals surface area contributed by atoms with Gasteiger partial charge < -0.3 is 10.6 Å². The summed E-state index contributed by atoms with van der Waals surface area (Å²) in [6, 6.07) is 15.1. The van der Waals surface area contributed by atoms with E-state index in [1.165, 1.54) is 0 Å². The molecule has 1 aromatic heterocycles. The van der Waals surface area contributed by atoms with E-state index in [0.29, 0.717) is 17.8 Å². The molecule has 5 nitrogen and oxygen atoms in total. The van der Waals surface area contributed by atoms with Crippen LogP contribution in [0.3, 0.4) is 0 Å². The van der Waals surface area contributed by atoms with Crippen LogP contribution in [-0.4, -0.2) is 16.7 Å². The number of carbonyl (C=O) groups excluding carboxylic acids is 2. The molecule has 0 fully saturated rings. The number of hydrogen-bond acceptors (Lipinski definition) is 4. The second-order valence-corrected chi connectivity index (χ2v) is 6.85. The highest BCUT2D eigenvalue weighted by atomic mass is 16.2. The first-order valence-electron chi connectivity index (χ1n) is 9.16. The number of Topliss-reactive ketones (excluding diaryl/α,β-unsaturated/α-hetero) is 1. The fourth-order valence-corrected chi connectivity index (χ4v) is 3.88. The third-order valence-corrected chi connectivity index (χ3v) is 5.06. The number of carbonyl (C=O) groups is 2. The second-order valence-electron chi connectivity index (χ2n) is 6.85. The van der Waals surface area contributed by atoms with E-state index in [1.807, 2.05) is 43.3 Å². The van der Waals surface area contributed by atoms with Gasteiger partial charge in [0.05, 0.1) is 0 Å². The number of nitrogens with one attached hydrogen (secondary N) is 2. The lowest BCUT2D eigenvalue weighted by Crippen LogP contribution is -2.35. The van der Waals surface area contributed by atoms with Crippen LogP contribution >= 0.6 is 0 Å². The van der Waals surface area contributed by atoms with Gasteiger partial charge in [0, 0.05) is 41.1 Å². The van der Waals surface area contributed by atoms with Crippen LogP contribution in [0.25, 0.3) is 0 Å². The van der Waals surface area contributed by atoms with Gasteiger partial charge in [-0.2, -0.15) is 0 Å². The molecule has 2 aliphatic rings. The molecule has 0 unspecified atom stereocenters. The number of anilines is 1.